The van der Waals surface area contributed by atoms with Crippen molar-refractivity contribution in [2.75, 3.05) is 16.8 Å². The van der Waals surface area contributed by atoms with Crippen LogP contribution in [0.3, 0.4) is 0 Å². The lowest BCUT2D eigenvalue weighted by Crippen LogP contribution is -2.19. The number of fused-ring (bicyclic) bond motifs is 1. The molecule has 0 aliphatic carbocycles. The molecule has 0 spiro atoms. The van der Waals surface area contributed by atoms with Gasteiger partial charge in [0.2, 0.25) is 5.91 Å². The van der Waals surface area contributed by atoms with E-state index in [1.165, 1.54) is 23.7 Å². The smallest absolute Gasteiger partial charge is 0.221 e. The molecular formula is C20H20N4O. The number of nitrogens with one attached hydrogen (secondary N) is 2. The molecule has 0 unspecified atom stereocenters. The number of nitrogens with zero attached hydrogens (tertiary/aromatic N) is 2. The first-order chi connectivity index (χ1) is 12.2. The number of rotatable bonds is 4. The highest BCUT2D eigenvalue weighted by atomic mass is 16.1. The van der Waals surface area contributed by atoms with Crippen molar-refractivity contribution in [3.63, 3.8) is 0 Å². The Morgan fingerprint density at radius 3 is 2.76 bits per heavy atom. The third-order valence-electron chi connectivity index (χ3n) is 4.52. The van der Waals surface area contributed by atoms with Gasteiger partial charge in [0.15, 0.2) is 0 Å². The largest absolute Gasteiger partial charge is 0.367 e. The summed E-state index contributed by atoms with van der Waals surface area (Å²) in [5, 5.41) is 9.91. The van der Waals surface area contributed by atoms with Crippen LogP contribution in [-0.2, 0) is 17.8 Å². The lowest BCUT2D eigenvalue weighted by atomic mass is 10.1. The molecule has 1 aliphatic rings. The third kappa shape index (κ3) is 3.26. The zero-order valence-corrected chi connectivity index (χ0v) is 14.1. The molecule has 0 radical (unpaired) electrons. The van der Waals surface area contributed by atoms with Crippen LogP contribution < -0.4 is 10.2 Å². The second-order valence-corrected chi connectivity index (χ2v) is 6.35. The standard InChI is InChI=1S/C20H20N4O/c1-14(25)22-18-6-7-20-17(12-18)9-11-24(20)13-15-2-4-16(5-3-15)19-8-10-21-23-19/h2-8,10,12H,9,11,13H2,1H3,(H,21,23)(H,22,25). The fourth-order valence-electron chi connectivity index (χ4n) is 3.34. The summed E-state index contributed by atoms with van der Waals surface area (Å²) in [5.74, 6) is -0.0354. The molecular weight excluding hydrogens is 312 g/mol. The van der Waals surface area contributed by atoms with Gasteiger partial charge < -0.3 is 10.2 Å². The molecule has 0 fully saturated rings. The lowest BCUT2D eigenvalue weighted by molar-refractivity contribution is -0.114. The number of hydrogen-bond acceptors (Lipinski definition) is 3. The van der Waals surface area contributed by atoms with E-state index in [0.29, 0.717) is 0 Å². The molecule has 4 rings (SSSR count). The Hall–Kier alpha value is -3.08. The topological polar surface area (TPSA) is 61.0 Å². The van der Waals surface area contributed by atoms with Crippen molar-refractivity contribution < 1.29 is 4.79 Å². The third-order valence-corrected chi connectivity index (χ3v) is 4.52. The predicted molar refractivity (Wildman–Crippen MR) is 99.5 cm³/mol. The Morgan fingerprint density at radius 1 is 1.20 bits per heavy atom. The van der Waals surface area contributed by atoms with Crippen molar-refractivity contribution in [1.82, 2.24) is 10.2 Å². The molecule has 0 saturated carbocycles. The SMILES string of the molecule is CC(=O)Nc1ccc2c(c1)CCN2Cc1ccc(-c2cc[nH]n2)cc1. The normalized spacial score (nSPS) is 12.9. The number of benzene rings is 2. The number of carbonyl (C=O) groups excluding carboxylic acids is 1. The highest BCUT2D eigenvalue weighted by molar-refractivity contribution is 5.89. The zero-order valence-electron chi connectivity index (χ0n) is 14.1. The Balaban J connectivity index is 1.49. The quantitative estimate of drug-likeness (QED) is 0.767. The van der Waals surface area contributed by atoms with Gasteiger partial charge in [-0.2, -0.15) is 5.10 Å². The number of amides is 1. The molecule has 5 heteroatoms. The molecule has 1 amide bonds. The first kappa shape index (κ1) is 15.4. The van der Waals surface area contributed by atoms with E-state index in [-0.39, 0.29) is 5.91 Å². The second-order valence-electron chi connectivity index (χ2n) is 6.35. The minimum Gasteiger partial charge on any atom is -0.367 e. The molecule has 1 aliphatic heterocycles. The van der Waals surface area contributed by atoms with Crippen molar-refractivity contribution >= 4 is 17.3 Å². The number of aromatic nitrogens is 2. The summed E-state index contributed by atoms with van der Waals surface area (Å²) in [6.07, 6.45) is 2.84. The molecule has 2 N–H and O–H groups in total. The average Bonchev–Trinajstić information content (AvgIpc) is 3.25. The molecule has 25 heavy (non-hydrogen) atoms. The van der Waals surface area contributed by atoms with Crippen LogP contribution in [0, 0.1) is 0 Å². The van der Waals surface area contributed by atoms with Gasteiger partial charge in [-0.3, -0.25) is 9.89 Å². The number of hydrogen-bond donors (Lipinski definition) is 2. The summed E-state index contributed by atoms with van der Waals surface area (Å²) >= 11 is 0. The van der Waals surface area contributed by atoms with Crippen LogP contribution in [0.5, 0.6) is 0 Å². The van der Waals surface area contributed by atoms with Crippen LogP contribution in [-0.4, -0.2) is 22.6 Å². The van der Waals surface area contributed by atoms with Crippen LogP contribution in [0.1, 0.15) is 18.1 Å². The minimum absolute atomic E-state index is 0.0354. The second kappa shape index (κ2) is 6.43. The monoisotopic (exact) mass is 332 g/mol. The fraction of sp³-hybridized carbons (Fsp3) is 0.200. The zero-order chi connectivity index (χ0) is 17.2. The van der Waals surface area contributed by atoms with E-state index < -0.39 is 0 Å². The van der Waals surface area contributed by atoms with Gasteiger partial charge in [-0.05, 0) is 41.8 Å². The molecule has 1 aromatic heterocycles. The van der Waals surface area contributed by atoms with Gasteiger partial charge in [-0.15, -0.1) is 0 Å². The van der Waals surface area contributed by atoms with E-state index in [4.69, 9.17) is 0 Å². The number of anilines is 2. The van der Waals surface area contributed by atoms with Crippen LogP contribution in [0.15, 0.2) is 54.7 Å². The highest BCUT2D eigenvalue weighted by Gasteiger charge is 2.19. The Labute approximate surface area is 146 Å². The molecule has 0 saturated heterocycles. The van der Waals surface area contributed by atoms with Gasteiger partial charge in [0.1, 0.15) is 0 Å². The van der Waals surface area contributed by atoms with Crippen molar-refractivity contribution in [1.29, 1.82) is 0 Å². The van der Waals surface area contributed by atoms with E-state index in [1.54, 1.807) is 0 Å². The van der Waals surface area contributed by atoms with Crippen LogP contribution in [0.2, 0.25) is 0 Å². The Kier molecular flexibility index (Phi) is 3.98. The number of aromatic amines is 1. The maximum atomic E-state index is 11.2. The van der Waals surface area contributed by atoms with E-state index in [9.17, 15) is 4.79 Å². The van der Waals surface area contributed by atoms with E-state index in [2.05, 4.69) is 56.8 Å². The van der Waals surface area contributed by atoms with Crippen LogP contribution >= 0.6 is 0 Å². The maximum Gasteiger partial charge on any atom is 0.221 e. The van der Waals surface area contributed by atoms with Gasteiger partial charge in [-0.1, -0.05) is 24.3 Å². The van der Waals surface area contributed by atoms with E-state index in [1.807, 2.05) is 18.3 Å². The molecule has 3 aromatic rings. The van der Waals surface area contributed by atoms with Gasteiger partial charge in [0.05, 0.1) is 5.69 Å². The van der Waals surface area contributed by atoms with E-state index in [0.717, 1.165) is 36.5 Å². The van der Waals surface area contributed by atoms with Crippen molar-refractivity contribution in [2.24, 2.45) is 0 Å². The van der Waals surface area contributed by atoms with Crippen LogP contribution in [0.4, 0.5) is 11.4 Å². The average molecular weight is 332 g/mol. The summed E-state index contributed by atoms with van der Waals surface area (Å²) in [6, 6.07) is 16.7. The lowest BCUT2D eigenvalue weighted by Gasteiger charge is -2.20. The van der Waals surface area contributed by atoms with Gasteiger partial charge in [-0.25, -0.2) is 0 Å². The molecule has 0 atom stereocenters. The molecule has 2 aromatic carbocycles. The van der Waals surface area contributed by atoms with Crippen molar-refractivity contribution in [2.45, 2.75) is 19.9 Å². The van der Waals surface area contributed by atoms with Crippen molar-refractivity contribution in [3.05, 3.63) is 65.9 Å². The molecule has 5 nitrogen and oxygen atoms in total. The summed E-state index contributed by atoms with van der Waals surface area (Å²) < 4.78 is 0. The summed E-state index contributed by atoms with van der Waals surface area (Å²) in [6.45, 7) is 3.42. The molecule has 2 heterocycles. The minimum atomic E-state index is -0.0354. The van der Waals surface area contributed by atoms with Gasteiger partial charge in [0.25, 0.3) is 0 Å². The molecule has 126 valence electrons. The van der Waals surface area contributed by atoms with Crippen LogP contribution in [0.25, 0.3) is 11.3 Å². The predicted octanol–water partition coefficient (Wildman–Crippen LogP) is 3.60. The highest BCUT2D eigenvalue weighted by Crippen LogP contribution is 2.31. The van der Waals surface area contributed by atoms with Gasteiger partial charge in [0, 0.05) is 43.1 Å². The molecule has 0 bridgehead atoms. The summed E-state index contributed by atoms with van der Waals surface area (Å²) in [7, 11) is 0. The Morgan fingerprint density at radius 2 is 2.04 bits per heavy atom. The first-order valence-corrected chi connectivity index (χ1v) is 8.43. The van der Waals surface area contributed by atoms with E-state index >= 15 is 0 Å². The fourth-order valence-corrected chi connectivity index (χ4v) is 3.34. The van der Waals surface area contributed by atoms with Gasteiger partial charge >= 0.3 is 0 Å². The first-order valence-electron chi connectivity index (χ1n) is 8.43. The van der Waals surface area contributed by atoms with Crippen molar-refractivity contribution in [3.8, 4) is 11.3 Å². The summed E-state index contributed by atoms with van der Waals surface area (Å²) in [4.78, 5) is 13.6. The maximum absolute atomic E-state index is 11.2. The number of carbonyl (C=O) groups is 1. The summed E-state index contributed by atoms with van der Waals surface area (Å²) in [5.41, 5.74) is 6.77. The Bertz CT molecular complexity index is 885. The number of H-pyrrole nitrogens is 1.